The first-order chi connectivity index (χ1) is 19.4. The minimum atomic E-state index is -4.25. The lowest BCUT2D eigenvalue weighted by Crippen LogP contribution is -2.53. The molecule has 220 valence electrons. The van der Waals surface area contributed by atoms with Gasteiger partial charge in [-0.25, -0.2) is 8.42 Å². The van der Waals surface area contributed by atoms with Gasteiger partial charge in [-0.2, -0.15) is 0 Å². The van der Waals surface area contributed by atoms with Gasteiger partial charge in [0.1, 0.15) is 12.6 Å². The summed E-state index contributed by atoms with van der Waals surface area (Å²) in [4.78, 5) is 28.7. The van der Waals surface area contributed by atoms with Gasteiger partial charge in [-0.05, 0) is 79.9 Å². The van der Waals surface area contributed by atoms with Crippen LogP contribution in [0.2, 0.25) is 20.1 Å². The van der Waals surface area contributed by atoms with Gasteiger partial charge in [-0.3, -0.25) is 13.9 Å². The Morgan fingerprint density at radius 1 is 0.854 bits per heavy atom. The molecule has 0 spiro atoms. The number of nitrogens with one attached hydrogen (secondary N) is 1. The molecule has 3 aromatic rings. The van der Waals surface area contributed by atoms with E-state index in [2.05, 4.69) is 5.32 Å². The number of nitrogens with zero attached hydrogens (tertiary/aromatic N) is 2. The highest BCUT2D eigenvalue weighted by Crippen LogP contribution is 2.29. The van der Waals surface area contributed by atoms with E-state index in [0.29, 0.717) is 27.1 Å². The van der Waals surface area contributed by atoms with Gasteiger partial charge in [0, 0.05) is 32.7 Å². The van der Waals surface area contributed by atoms with Crippen molar-refractivity contribution in [3.8, 4) is 0 Å². The molecule has 0 saturated carbocycles. The normalized spacial score (nSPS) is 12.9. The summed E-state index contributed by atoms with van der Waals surface area (Å²) in [5.41, 5.74) is 0.733. The molecule has 7 nitrogen and oxygen atoms in total. The number of carbonyl (C=O) groups is 2. The van der Waals surface area contributed by atoms with Gasteiger partial charge >= 0.3 is 0 Å². The van der Waals surface area contributed by atoms with Crippen LogP contribution < -0.4 is 9.62 Å². The van der Waals surface area contributed by atoms with Crippen molar-refractivity contribution in [3.63, 3.8) is 0 Å². The van der Waals surface area contributed by atoms with Gasteiger partial charge in [0.05, 0.1) is 10.6 Å². The van der Waals surface area contributed by atoms with Crippen LogP contribution in [0.1, 0.15) is 39.2 Å². The van der Waals surface area contributed by atoms with Crippen LogP contribution in [-0.2, 0) is 26.2 Å². The third kappa shape index (κ3) is 8.52. The van der Waals surface area contributed by atoms with Crippen LogP contribution in [-0.4, -0.2) is 43.8 Å². The molecule has 0 radical (unpaired) electrons. The minimum absolute atomic E-state index is 0.0500. The van der Waals surface area contributed by atoms with Gasteiger partial charge in [0.25, 0.3) is 10.0 Å². The van der Waals surface area contributed by atoms with E-state index in [9.17, 15) is 18.0 Å². The number of halogens is 4. The predicted octanol–water partition coefficient (Wildman–Crippen LogP) is 7.22. The Morgan fingerprint density at radius 2 is 1.49 bits per heavy atom. The zero-order valence-corrected chi connectivity index (χ0v) is 26.6. The number of benzene rings is 3. The van der Waals surface area contributed by atoms with Gasteiger partial charge in [0.15, 0.2) is 0 Å². The number of anilines is 1. The fourth-order valence-corrected chi connectivity index (χ4v) is 6.27. The number of rotatable bonds is 12. The maximum Gasteiger partial charge on any atom is 0.264 e. The third-order valence-electron chi connectivity index (χ3n) is 6.52. The lowest BCUT2D eigenvalue weighted by molar-refractivity contribution is -0.140. The molecule has 41 heavy (non-hydrogen) atoms. The summed E-state index contributed by atoms with van der Waals surface area (Å²) in [5, 5.41) is 4.31. The minimum Gasteiger partial charge on any atom is -0.352 e. The van der Waals surface area contributed by atoms with Gasteiger partial charge < -0.3 is 10.2 Å². The Morgan fingerprint density at radius 3 is 2.07 bits per heavy atom. The van der Waals surface area contributed by atoms with Crippen molar-refractivity contribution in [3.05, 3.63) is 92.4 Å². The number of hydrogen-bond donors (Lipinski definition) is 1. The molecule has 0 fully saturated rings. The van der Waals surface area contributed by atoms with Crippen molar-refractivity contribution >= 4 is 73.9 Å². The van der Waals surface area contributed by atoms with Gasteiger partial charge in [-0.1, -0.05) is 72.4 Å². The smallest absolute Gasteiger partial charge is 0.264 e. The molecular formula is C29H31Cl4N3O4S. The molecule has 3 aromatic carbocycles. The maximum absolute atomic E-state index is 14.1. The molecule has 0 saturated heterocycles. The van der Waals surface area contributed by atoms with E-state index in [4.69, 9.17) is 46.4 Å². The molecule has 0 aliphatic heterocycles. The van der Waals surface area contributed by atoms with Gasteiger partial charge in [-0.15, -0.1) is 0 Å². The molecule has 2 atom stereocenters. The first-order valence-electron chi connectivity index (χ1n) is 12.9. The van der Waals surface area contributed by atoms with Crippen LogP contribution in [0.5, 0.6) is 0 Å². The molecule has 0 heterocycles. The molecule has 0 aromatic heterocycles. The van der Waals surface area contributed by atoms with E-state index in [1.807, 2.05) is 13.8 Å². The Kier molecular flexibility index (Phi) is 11.8. The highest BCUT2D eigenvalue weighted by atomic mass is 35.5. The molecule has 3 rings (SSSR count). The monoisotopic (exact) mass is 657 g/mol. The van der Waals surface area contributed by atoms with Crippen LogP contribution in [0.4, 0.5) is 5.69 Å². The topological polar surface area (TPSA) is 86.8 Å². The van der Waals surface area contributed by atoms with Crippen molar-refractivity contribution in [2.75, 3.05) is 10.8 Å². The summed E-state index contributed by atoms with van der Waals surface area (Å²) in [6.07, 6.45) is 0.974. The molecular weight excluding hydrogens is 628 g/mol. The van der Waals surface area contributed by atoms with Crippen LogP contribution in [0.25, 0.3) is 0 Å². The van der Waals surface area contributed by atoms with E-state index in [1.165, 1.54) is 35.2 Å². The maximum atomic E-state index is 14.1. The predicted molar refractivity (Wildman–Crippen MR) is 166 cm³/mol. The van der Waals surface area contributed by atoms with Crippen LogP contribution >= 0.6 is 46.4 Å². The van der Waals surface area contributed by atoms with Crippen molar-refractivity contribution in [1.82, 2.24) is 10.2 Å². The zero-order chi connectivity index (χ0) is 30.3. The van der Waals surface area contributed by atoms with Crippen molar-refractivity contribution in [2.45, 2.75) is 57.1 Å². The second kappa shape index (κ2) is 14.6. The highest BCUT2D eigenvalue weighted by molar-refractivity contribution is 7.92. The summed E-state index contributed by atoms with van der Waals surface area (Å²) < 4.78 is 28.7. The van der Waals surface area contributed by atoms with Crippen molar-refractivity contribution in [1.29, 1.82) is 0 Å². The van der Waals surface area contributed by atoms with E-state index < -0.39 is 28.5 Å². The molecule has 0 aliphatic rings. The van der Waals surface area contributed by atoms with E-state index >= 15 is 0 Å². The number of hydrogen-bond acceptors (Lipinski definition) is 4. The van der Waals surface area contributed by atoms with Crippen LogP contribution in [0, 0.1) is 0 Å². The zero-order valence-electron chi connectivity index (χ0n) is 22.8. The number of carbonyl (C=O) groups excluding carboxylic acids is 2. The Bertz CT molecular complexity index is 1490. The highest BCUT2D eigenvalue weighted by Gasteiger charge is 2.34. The largest absolute Gasteiger partial charge is 0.352 e. The summed E-state index contributed by atoms with van der Waals surface area (Å²) in [6, 6.07) is 15.6. The van der Waals surface area contributed by atoms with E-state index in [-0.39, 0.29) is 40.5 Å². The fraction of sp³-hybridized carbons (Fsp3) is 0.310. The Labute approximate surface area is 261 Å². The van der Waals surface area contributed by atoms with Gasteiger partial charge in [0.2, 0.25) is 11.8 Å². The molecule has 1 N–H and O–H groups in total. The van der Waals surface area contributed by atoms with Crippen LogP contribution in [0.15, 0.2) is 71.6 Å². The summed E-state index contributed by atoms with van der Waals surface area (Å²) in [6.45, 7) is 4.93. The third-order valence-corrected chi connectivity index (χ3v) is 9.38. The average Bonchev–Trinajstić information content (AvgIpc) is 2.92. The van der Waals surface area contributed by atoms with E-state index in [0.717, 1.165) is 4.31 Å². The van der Waals surface area contributed by atoms with Crippen molar-refractivity contribution < 1.29 is 18.0 Å². The van der Waals surface area contributed by atoms with Crippen LogP contribution in [0.3, 0.4) is 0 Å². The first kappa shape index (κ1) is 33.0. The lowest BCUT2D eigenvalue weighted by Gasteiger charge is -2.34. The number of sulfonamides is 1. The molecule has 0 aliphatic carbocycles. The van der Waals surface area contributed by atoms with Crippen molar-refractivity contribution in [2.24, 2.45) is 0 Å². The second-order valence-corrected chi connectivity index (χ2v) is 13.0. The van der Waals surface area contributed by atoms with E-state index in [1.54, 1.807) is 43.3 Å². The summed E-state index contributed by atoms with van der Waals surface area (Å²) >= 11 is 24.7. The summed E-state index contributed by atoms with van der Waals surface area (Å²) in [7, 11) is -4.25. The first-order valence-corrected chi connectivity index (χ1v) is 15.9. The molecule has 0 unspecified atom stereocenters. The fourth-order valence-electron chi connectivity index (χ4n) is 4.09. The number of amides is 2. The summed E-state index contributed by atoms with van der Waals surface area (Å²) in [5.74, 6) is -0.963. The Balaban J connectivity index is 2.08. The second-order valence-electron chi connectivity index (χ2n) is 9.44. The molecule has 2 amide bonds. The average molecular weight is 659 g/mol. The Hall–Kier alpha value is -2.49. The molecule has 12 heteroatoms. The molecule has 0 bridgehead atoms. The quantitative estimate of drug-likeness (QED) is 0.223. The lowest BCUT2D eigenvalue weighted by atomic mass is 10.1. The SMILES string of the molecule is CC[C@@H](C)NC(=O)[C@@H](CC)N(Cc1ccc(Cl)cc1Cl)C(=O)CN(c1cccc(Cl)c1)S(=O)(=O)c1ccc(Cl)cc1. The standard InChI is InChI=1S/C29H31Cl4N3O4S/c1-4-19(3)34-29(38)27(5-2)35(17-20-9-10-23(32)16-26(20)33)28(37)18-36(24-8-6-7-22(31)15-24)41(39,40)25-13-11-21(30)12-14-25/h6-16,19,27H,4-5,17-18H2,1-3H3,(H,34,38)/t19-,27-/m1/s1.